The Kier molecular flexibility index (Phi) is 7.23. The highest BCUT2D eigenvalue weighted by molar-refractivity contribution is 6.30. The van der Waals surface area contributed by atoms with Gasteiger partial charge in [-0.3, -0.25) is 9.59 Å². The summed E-state index contributed by atoms with van der Waals surface area (Å²) in [7, 11) is 3.01. The molecule has 4 rings (SSSR count). The number of aryl methyl sites for hydroxylation is 1. The molecule has 0 saturated carbocycles. The summed E-state index contributed by atoms with van der Waals surface area (Å²) in [6, 6.07) is 17.6. The minimum absolute atomic E-state index is 0.0691. The first-order valence-electron chi connectivity index (χ1n) is 10.8. The van der Waals surface area contributed by atoms with Crippen LogP contribution in [0.4, 0.5) is 5.69 Å². The third-order valence-corrected chi connectivity index (χ3v) is 5.89. The van der Waals surface area contributed by atoms with E-state index < -0.39 is 0 Å². The molecule has 0 spiro atoms. The largest absolute Gasteiger partial charge is 0.495 e. The molecule has 1 aliphatic carbocycles. The molecular weight excluding hydrogens is 456 g/mol. The van der Waals surface area contributed by atoms with E-state index in [-0.39, 0.29) is 24.5 Å². The van der Waals surface area contributed by atoms with Crippen molar-refractivity contribution in [2.75, 3.05) is 26.1 Å². The molecule has 1 atom stereocenters. The summed E-state index contributed by atoms with van der Waals surface area (Å²) < 4.78 is 16.3. The predicted octanol–water partition coefficient (Wildman–Crippen LogP) is 4.79. The molecule has 7 nitrogen and oxygen atoms in total. The Morgan fingerprint density at radius 2 is 1.76 bits per heavy atom. The number of para-hydroxylation sites is 2. The van der Waals surface area contributed by atoms with Crippen molar-refractivity contribution in [1.82, 2.24) is 5.32 Å². The van der Waals surface area contributed by atoms with Crippen molar-refractivity contribution in [2.24, 2.45) is 0 Å². The molecule has 0 fully saturated rings. The van der Waals surface area contributed by atoms with Gasteiger partial charge < -0.3 is 24.8 Å². The zero-order chi connectivity index (χ0) is 24.1. The zero-order valence-corrected chi connectivity index (χ0v) is 19.6. The molecule has 8 heteroatoms. The Morgan fingerprint density at radius 1 is 0.971 bits per heavy atom. The Balaban J connectivity index is 1.39. The molecule has 1 aliphatic rings. The fraction of sp³-hybridized carbons (Fsp3) is 0.231. The standard InChI is InChI=1S/C26H25ClN2O5/c1-32-22-6-4-3-5-21(22)28-25(30)15-34-23-12-8-17(14-24(23)33-2)26(31)29-20-11-7-16-13-18(27)9-10-19(16)20/h3-6,8-10,12-14,20H,7,11,15H2,1-2H3,(H,28,30)(H,29,31). The van der Waals surface area contributed by atoms with Crippen LogP contribution in [-0.2, 0) is 11.2 Å². The number of fused-ring (bicyclic) bond motifs is 1. The fourth-order valence-electron chi connectivity index (χ4n) is 3.98. The van der Waals surface area contributed by atoms with Crippen LogP contribution in [0.25, 0.3) is 0 Å². The lowest BCUT2D eigenvalue weighted by molar-refractivity contribution is -0.118. The average molecular weight is 481 g/mol. The molecular formula is C26H25ClN2O5. The minimum atomic E-state index is -0.353. The van der Waals surface area contributed by atoms with E-state index in [9.17, 15) is 9.59 Å². The highest BCUT2D eigenvalue weighted by atomic mass is 35.5. The third-order valence-electron chi connectivity index (χ3n) is 5.65. The number of nitrogens with one attached hydrogen (secondary N) is 2. The Hall–Kier alpha value is -3.71. The summed E-state index contributed by atoms with van der Waals surface area (Å²) in [6.07, 6.45) is 1.69. The van der Waals surface area contributed by atoms with Gasteiger partial charge in [-0.15, -0.1) is 0 Å². The molecule has 2 amide bonds. The van der Waals surface area contributed by atoms with Crippen molar-refractivity contribution >= 4 is 29.1 Å². The molecule has 2 N–H and O–H groups in total. The molecule has 0 heterocycles. The van der Waals surface area contributed by atoms with Gasteiger partial charge in [0, 0.05) is 10.6 Å². The van der Waals surface area contributed by atoms with Crippen molar-refractivity contribution in [2.45, 2.75) is 18.9 Å². The van der Waals surface area contributed by atoms with Crippen LogP contribution in [0.1, 0.15) is 33.9 Å². The quantitative estimate of drug-likeness (QED) is 0.484. The molecule has 0 radical (unpaired) electrons. The highest BCUT2D eigenvalue weighted by Gasteiger charge is 2.25. The van der Waals surface area contributed by atoms with Crippen molar-refractivity contribution in [3.8, 4) is 17.2 Å². The van der Waals surface area contributed by atoms with Gasteiger partial charge in [0.05, 0.1) is 25.9 Å². The Labute approximate surface area is 203 Å². The van der Waals surface area contributed by atoms with Crippen molar-refractivity contribution < 1.29 is 23.8 Å². The number of amides is 2. The lowest BCUT2D eigenvalue weighted by atomic mass is 10.1. The maximum Gasteiger partial charge on any atom is 0.262 e. The first-order valence-corrected chi connectivity index (χ1v) is 11.2. The van der Waals surface area contributed by atoms with E-state index in [1.807, 2.05) is 24.3 Å². The van der Waals surface area contributed by atoms with Crippen LogP contribution in [0.3, 0.4) is 0 Å². The summed E-state index contributed by atoms with van der Waals surface area (Å²) in [5.74, 6) is 0.697. The average Bonchev–Trinajstić information content (AvgIpc) is 3.24. The highest BCUT2D eigenvalue weighted by Crippen LogP contribution is 2.34. The number of anilines is 1. The molecule has 34 heavy (non-hydrogen) atoms. The predicted molar refractivity (Wildman–Crippen MR) is 130 cm³/mol. The normalized spacial score (nSPS) is 14.1. The smallest absolute Gasteiger partial charge is 0.262 e. The third kappa shape index (κ3) is 5.26. The second-order valence-electron chi connectivity index (χ2n) is 7.81. The maximum absolute atomic E-state index is 12.9. The lowest BCUT2D eigenvalue weighted by Crippen LogP contribution is -2.27. The molecule has 0 bridgehead atoms. The summed E-state index contributed by atoms with van der Waals surface area (Å²) in [4.78, 5) is 25.2. The number of halogens is 1. The van der Waals surface area contributed by atoms with Crippen LogP contribution >= 0.6 is 11.6 Å². The lowest BCUT2D eigenvalue weighted by Gasteiger charge is -2.16. The molecule has 3 aromatic carbocycles. The fourth-order valence-corrected chi connectivity index (χ4v) is 4.18. The maximum atomic E-state index is 12.9. The van der Waals surface area contributed by atoms with E-state index >= 15 is 0 Å². The van der Waals surface area contributed by atoms with Gasteiger partial charge in [0.25, 0.3) is 11.8 Å². The minimum Gasteiger partial charge on any atom is -0.495 e. The first-order chi connectivity index (χ1) is 16.5. The Bertz CT molecular complexity index is 1210. The van der Waals surface area contributed by atoms with Crippen LogP contribution in [0.5, 0.6) is 17.2 Å². The van der Waals surface area contributed by atoms with Gasteiger partial charge in [-0.05, 0) is 66.4 Å². The van der Waals surface area contributed by atoms with Gasteiger partial charge in [0.2, 0.25) is 0 Å². The van der Waals surface area contributed by atoms with Crippen LogP contribution in [0.2, 0.25) is 5.02 Å². The number of benzene rings is 3. The number of carbonyl (C=O) groups is 2. The van der Waals surface area contributed by atoms with Gasteiger partial charge in [-0.2, -0.15) is 0 Å². The van der Waals surface area contributed by atoms with Gasteiger partial charge in [0.15, 0.2) is 18.1 Å². The van der Waals surface area contributed by atoms with Crippen LogP contribution < -0.4 is 24.8 Å². The molecule has 3 aromatic rings. The van der Waals surface area contributed by atoms with E-state index in [2.05, 4.69) is 10.6 Å². The summed E-state index contributed by atoms with van der Waals surface area (Å²) >= 11 is 6.08. The van der Waals surface area contributed by atoms with Gasteiger partial charge in [0.1, 0.15) is 5.75 Å². The van der Waals surface area contributed by atoms with E-state index in [0.717, 1.165) is 24.0 Å². The SMILES string of the molecule is COc1ccccc1NC(=O)COc1ccc(C(=O)NC2CCc3cc(Cl)ccc32)cc1OC. The van der Waals surface area contributed by atoms with Crippen molar-refractivity contribution in [3.63, 3.8) is 0 Å². The number of hydrogen-bond acceptors (Lipinski definition) is 5. The zero-order valence-electron chi connectivity index (χ0n) is 18.9. The summed E-state index contributed by atoms with van der Waals surface area (Å²) in [5.41, 5.74) is 3.23. The van der Waals surface area contributed by atoms with Crippen molar-refractivity contribution in [1.29, 1.82) is 0 Å². The topological polar surface area (TPSA) is 85.9 Å². The van der Waals surface area contributed by atoms with Crippen LogP contribution in [0.15, 0.2) is 60.7 Å². The van der Waals surface area contributed by atoms with Crippen molar-refractivity contribution in [3.05, 3.63) is 82.4 Å². The number of hydrogen-bond donors (Lipinski definition) is 2. The summed E-state index contributed by atoms with van der Waals surface area (Å²) in [5, 5.41) is 6.52. The van der Waals surface area contributed by atoms with Gasteiger partial charge in [-0.1, -0.05) is 29.8 Å². The summed E-state index contributed by atoms with van der Waals surface area (Å²) in [6.45, 7) is -0.235. The molecule has 0 aromatic heterocycles. The van der Waals surface area contributed by atoms with E-state index in [0.29, 0.717) is 33.5 Å². The second-order valence-corrected chi connectivity index (χ2v) is 8.25. The van der Waals surface area contributed by atoms with Gasteiger partial charge in [-0.25, -0.2) is 0 Å². The van der Waals surface area contributed by atoms with E-state index in [1.54, 1.807) is 36.4 Å². The second kappa shape index (κ2) is 10.5. The molecule has 176 valence electrons. The van der Waals surface area contributed by atoms with Crippen LogP contribution in [0, 0.1) is 0 Å². The number of carbonyl (C=O) groups excluding carboxylic acids is 2. The van der Waals surface area contributed by atoms with E-state index in [4.69, 9.17) is 25.8 Å². The first kappa shape index (κ1) is 23.4. The van der Waals surface area contributed by atoms with Crippen LogP contribution in [-0.4, -0.2) is 32.6 Å². The van der Waals surface area contributed by atoms with Gasteiger partial charge >= 0.3 is 0 Å². The molecule has 1 unspecified atom stereocenters. The molecule has 0 aliphatic heterocycles. The number of rotatable bonds is 8. The number of methoxy groups -OCH3 is 2. The number of ether oxygens (including phenoxy) is 3. The van der Waals surface area contributed by atoms with E-state index in [1.165, 1.54) is 14.2 Å². The molecule has 0 saturated heterocycles. The Morgan fingerprint density at radius 3 is 2.56 bits per heavy atom. The monoisotopic (exact) mass is 480 g/mol.